The summed E-state index contributed by atoms with van der Waals surface area (Å²) in [4.78, 5) is 25.8. The molecule has 0 saturated heterocycles. The molecule has 3 rings (SSSR count). The highest BCUT2D eigenvalue weighted by atomic mass is 16.2. The van der Waals surface area contributed by atoms with E-state index in [0.717, 1.165) is 23.2 Å². The second-order valence-electron chi connectivity index (χ2n) is 7.82. The molecule has 4 heteroatoms. The highest BCUT2D eigenvalue weighted by molar-refractivity contribution is 6.02. The molecule has 1 atom stereocenters. The van der Waals surface area contributed by atoms with Gasteiger partial charge in [0.05, 0.1) is 0 Å². The van der Waals surface area contributed by atoms with E-state index in [4.69, 9.17) is 0 Å². The minimum atomic E-state index is -0.637. The Kier molecular flexibility index (Phi) is 7.02. The Bertz CT molecular complexity index is 1010. The first-order valence-electron chi connectivity index (χ1n) is 10.2. The number of rotatable bonds is 7. The molecule has 154 valence electrons. The number of carbonyl (C=O) groups excluding carboxylic acids is 2. The van der Waals surface area contributed by atoms with Crippen molar-refractivity contribution in [2.45, 2.75) is 33.2 Å². The smallest absolute Gasteiger partial charge is 0.252 e. The minimum absolute atomic E-state index is 0.0562. The van der Waals surface area contributed by atoms with Crippen molar-refractivity contribution in [3.05, 3.63) is 101 Å². The van der Waals surface area contributed by atoms with Crippen LogP contribution in [0, 0.1) is 12.8 Å². The van der Waals surface area contributed by atoms with Crippen molar-refractivity contribution < 1.29 is 9.59 Å². The van der Waals surface area contributed by atoms with Gasteiger partial charge in [0.25, 0.3) is 5.91 Å². The van der Waals surface area contributed by atoms with Gasteiger partial charge in [0, 0.05) is 11.3 Å². The normalized spacial score (nSPS) is 11.7. The zero-order valence-corrected chi connectivity index (χ0v) is 17.7. The van der Waals surface area contributed by atoms with E-state index in [0.29, 0.717) is 5.56 Å². The number of amides is 2. The first-order chi connectivity index (χ1) is 14.5. The number of hydrogen-bond acceptors (Lipinski definition) is 2. The van der Waals surface area contributed by atoms with Crippen LogP contribution in [-0.2, 0) is 11.2 Å². The summed E-state index contributed by atoms with van der Waals surface area (Å²) in [6.45, 7) is 5.75. The van der Waals surface area contributed by atoms with E-state index in [1.807, 2.05) is 81.4 Å². The Labute approximate surface area is 178 Å². The molecule has 0 aromatic heterocycles. The van der Waals surface area contributed by atoms with Crippen LogP contribution in [0.2, 0.25) is 0 Å². The highest BCUT2D eigenvalue weighted by Gasteiger charge is 2.25. The molecule has 0 bridgehead atoms. The molecule has 0 heterocycles. The molecule has 3 aromatic carbocycles. The van der Waals surface area contributed by atoms with E-state index >= 15 is 0 Å². The van der Waals surface area contributed by atoms with E-state index in [-0.39, 0.29) is 17.7 Å². The van der Waals surface area contributed by atoms with Gasteiger partial charge in [-0.2, -0.15) is 0 Å². The lowest BCUT2D eigenvalue weighted by atomic mass is 10.0. The molecule has 30 heavy (non-hydrogen) atoms. The number of benzene rings is 3. The standard InChI is InChI=1S/C26H28N2O2/c1-18(2)24(28-25(29)22-15-9-7-11-19(22)3)26(30)27-23-16-10-8-14-21(23)17-20-12-5-4-6-13-20/h4-16,18,24H,17H2,1-3H3,(H,27,30)(H,28,29). The van der Waals surface area contributed by atoms with Gasteiger partial charge >= 0.3 is 0 Å². The average Bonchev–Trinajstić information content (AvgIpc) is 2.74. The van der Waals surface area contributed by atoms with Crippen molar-refractivity contribution in [1.29, 1.82) is 0 Å². The van der Waals surface area contributed by atoms with Crippen LogP contribution < -0.4 is 10.6 Å². The second kappa shape index (κ2) is 9.88. The maximum absolute atomic E-state index is 13.1. The summed E-state index contributed by atoms with van der Waals surface area (Å²) in [7, 11) is 0. The molecular weight excluding hydrogens is 372 g/mol. The van der Waals surface area contributed by atoms with Crippen LogP contribution in [0.15, 0.2) is 78.9 Å². The largest absolute Gasteiger partial charge is 0.340 e. The number of aryl methyl sites for hydroxylation is 1. The van der Waals surface area contributed by atoms with Gasteiger partial charge in [0.15, 0.2) is 0 Å². The lowest BCUT2D eigenvalue weighted by molar-refractivity contribution is -0.118. The van der Waals surface area contributed by atoms with Crippen molar-refractivity contribution in [2.24, 2.45) is 5.92 Å². The van der Waals surface area contributed by atoms with Crippen LogP contribution in [-0.4, -0.2) is 17.9 Å². The van der Waals surface area contributed by atoms with Gasteiger partial charge in [-0.1, -0.05) is 80.6 Å². The predicted octanol–water partition coefficient (Wildman–Crippen LogP) is 4.98. The summed E-state index contributed by atoms with van der Waals surface area (Å²) in [5.41, 5.74) is 4.44. The van der Waals surface area contributed by atoms with Crippen molar-refractivity contribution in [3.63, 3.8) is 0 Å². The lowest BCUT2D eigenvalue weighted by Gasteiger charge is -2.23. The molecule has 3 aromatic rings. The van der Waals surface area contributed by atoms with E-state index in [1.165, 1.54) is 5.56 Å². The van der Waals surface area contributed by atoms with E-state index in [9.17, 15) is 9.59 Å². The predicted molar refractivity (Wildman–Crippen MR) is 122 cm³/mol. The molecule has 0 spiro atoms. The third-order valence-corrected chi connectivity index (χ3v) is 5.14. The fourth-order valence-corrected chi connectivity index (χ4v) is 3.40. The molecule has 2 amide bonds. The molecule has 2 N–H and O–H groups in total. The van der Waals surface area contributed by atoms with Gasteiger partial charge in [-0.25, -0.2) is 0 Å². The van der Waals surface area contributed by atoms with E-state index < -0.39 is 6.04 Å². The molecule has 0 fully saturated rings. The zero-order chi connectivity index (χ0) is 21.5. The Morgan fingerprint density at radius 2 is 1.47 bits per heavy atom. The molecule has 0 saturated carbocycles. The van der Waals surface area contributed by atoms with Crippen LogP contribution >= 0.6 is 0 Å². The topological polar surface area (TPSA) is 58.2 Å². The fourth-order valence-electron chi connectivity index (χ4n) is 3.40. The Balaban J connectivity index is 1.76. The molecule has 4 nitrogen and oxygen atoms in total. The Morgan fingerprint density at radius 1 is 0.833 bits per heavy atom. The monoisotopic (exact) mass is 400 g/mol. The van der Waals surface area contributed by atoms with Gasteiger partial charge in [0.2, 0.25) is 5.91 Å². The van der Waals surface area contributed by atoms with Crippen molar-refractivity contribution >= 4 is 17.5 Å². The van der Waals surface area contributed by atoms with Crippen LogP contribution in [0.1, 0.15) is 40.9 Å². The van der Waals surface area contributed by atoms with E-state index in [2.05, 4.69) is 22.8 Å². The number of hydrogen-bond donors (Lipinski definition) is 2. The third-order valence-electron chi connectivity index (χ3n) is 5.14. The van der Waals surface area contributed by atoms with Gasteiger partial charge in [-0.05, 0) is 48.1 Å². The Morgan fingerprint density at radius 3 is 2.17 bits per heavy atom. The summed E-state index contributed by atoms with van der Waals surface area (Å²) in [6, 6.07) is 24.7. The highest BCUT2D eigenvalue weighted by Crippen LogP contribution is 2.20. The van der Waals surface area contributed by atoms with Crippen LogP contribution in [0.4, 0.5) is 5.69 Å². The van der Waals surface area contributed by atoms with Crippen LogP contribution in [0.25, 0.3) is 0 Å². The second-order valence-corrected chi connectivity index (χ2v) is 7.82. The average molecular weight is 401 g/mol. The molecule has 1 unspecified atom stereocenters. The van der Waals surface area contributed by atoms with Gasteiger partial charge in [-0.15, -0.1) is 0 Å². The van der Waals surface area contributed by atoms with Crippen molar-refractivity contribution in [2.75, 3.05) is 5.32 Å². The number of anilines is 1. The van der Waals surface area contributed by atoms with Gasteiger partial charge in [0.1, 0.15) is 6.04 Å². The minimum Gasteiger partial charge on any atom is -0.340 e. The zero-order valence-electron chi connectivity index (χ0n) is 17.7. The Hall–Kier alpha value is -3.40. The summed E-state index contributed by atoms with van der Waals surface area (Å²) >= 11 is 0. The summed E-state index contributed by atoms with van der Waals surface area (Å²) in [5.74, 6) is -0.508. The molecule has 0 radical (unpaired) electrons. The van der Waals surface area contributed by atoms with Crippen molar-refractivity contribution in [3.8, 4) is 0 Å². The number of nitrogens with one attached hydrogen (secondary N) is 2. The quantitative estimate of drug-likeness (QED) is 0.588. The SMILES string of the molecule is Cc1ccccc1C(=O)NC(C(=O)Nc1ccccc1Cc1ccccc1)C(C)C. The molecule has 0 aliphatic carbocycles. The number of carbonyl (C=O) groups is 2. The maximum atomic E-state index is 13.1. The summed E-state index contributed by atoms with van der Waals surface area (Å²) < 4.78 is 0. The van der Waals surface area contributed by atoms with Crippen LogP contribution in [0.3, 0.4) is 0 Å². The fraction of sp³-hybridized carbons (Fsp3) is 0.231. The molecule has 0 aliphatic heterocycles. The van der Waals surface area contributed by atoms with Gasteiger partial charge in [-0.3, -0.25) is 9.59 Å². The lowest BCUT2D eigenvalue weighted by Crippen LogP contribution is -2.47. The van der Waals surface area contributed by atoms with Gasteiger partial charge < -0.3 is 10.6 Å². The number of para-hydroxylation sites is 1. The van der Waals surface area contributed by atoms with Crippen molar-refractivity contribution in [1.82, 2.24) is 5.32 Å². The first kappa shape index (κ1) is 21.3. The maximum Gasteiger partial charge on any atom is 0.252 e. The first-order valence-corrected chi connectivity index (χ1v) is 10.2. The summed E-state index contributed by atoms with van der Waals surface area (Å²) in [5, 5.41) is 5.94. The molecular formula is C26H28N2O2. The van der Waals surface area contributed by atoms with Crippen LogP contribution in [0.5, 0.6) is 0 Å². The summed E-state index contributed by atoms with van der Waals surface area (Å²) in [6.07, 6.45) is 0.721. The van der Waals surface area contributed by atoms with E-state index in [1.54, 1.807) is 6.07 Å². The third kappa shape index (κ3) is 5.35. The molecule has 0 aliphatic rings.